The number of nitrogens with zero attached hydrogens (tertiary/aromatic N) is 1. The van der Waals surface area contributed by atoms with Crippen LogP contribution in [0.5, 0.6) is 5.75 Å². The summed E-state index contributed by atoms with van der Waals surface area (Å²) in [6, 6.07) is 4.62. The summed E-state index contributed by atoms with van der Waals surface area (Å²) >= 11 is 0. The molecule has 1 N–H and O–H groups in total. The number of ether oxygens (including phenoxy) is 1. The van der Waals surface area contributed by atoms with E-state index in [0.29, 0.717) is 18.7 Å². The van der Waals surface area contributed by atoms with Crippen LogP contribution in [0.1, 0.15) is 16.8 Å². The molecule has 1 fully saturated rings. The Morgan fingerprint density at radius 1 is 1.58 bits per heavy atom. The minimum absolute atomic E-state index is 0.0250. The number of terminal acetylenes is 1. The third-order valence-corrected chi connectivity index (χ3v) is 3.09. The van der Waals surface area contributed by atoms with Gasteiger partial charge in [0.15, 0.2) is 0 Å². The number of carbonyl (C=O) groups is 2. The fourth-order valence-corrected chi connectivity index (χ4v) is 2.10. The lowest BCUT2D eigenvalue weighted by Gasteiger charge is -2.17. The zero-order valence-electron chi connectivity index (χ0n) is 10.4. The highest BCUT2D eigenvalue weighted by atomic mass is 16.5. The Bertz CT molecular complexity index is 573. The molecule has 0 saturated carbocycles. The Kier molecular flexibility index (Phi) is 3.43. The average molecular weight is 259 g/mol. The summed E-state index contributed by atoms with van der Waals surface area (Å²) in [6.45, 7) is 0.417. The maximum atomic E-state index is 11.8. The molecule has 0 spiro atoms. The third kappa shape index (κ3) is 2.38. The topological polar surface area (TPSA) is 66.8 Å². The van der Waals surface area contributed by atoms with Gasteiger partial charge < -0.3 is 14.7 Å². The number of rotatable bonds is 3. The standard InChI is InChI=1S/C14H13NO4/c1-3-9-6-13(16)15(8-9)10-4-5-12(19-2)11(7-10)14(17)18/h1,4-5,7,9H,6,8H2,2H3,(H,17,18). The van der Waals surface area contributed by atoms with E-state index in [1.54, 1.807) is 6.07 Å². The Hall–Kier alpha value is -2.48. The SMILES string of the molecule is C#CC1CC(=O)N(c2ccc(OC)c(C(=O)O)c2)C1. The van der Waals surface area contributed by atoms with Gasteiger partial charge in [-0.2, -0.15) is 0 Å². The predicted octanol–water partition coefficient (Wildman–Crippen LogP) is 1.38. The van der Waals surface area contributed by atoms with Gasteiger partial charge >= 0.3 is 5.97 Å². The number of hydrogen-bond acceptors (Lipinski definition) is 3. The van der Waals surface area contributed by atoms with E-state index in [1.165, 1.54) is 24.1 Å². The molecule has 0 aliphatic carbocycles. The maximum absolute atomic E-state index is 11.8. The van der Waals surface area contributed by atoms with Gasteiger partial charge in [0, 0.05) is 24.6 Å². The summed E-state index contributed by atoms with van der Waals surface area (Å²) in [5.74, 6) is 1.50. The summed E-state index contributed by atoms with van der Waals surface area (Å²) in [7, 11) is 1.40. The first kappa shape index (κ1) is 13.0. The van der Waals surface area contributed by atoms with E-state index in [1.807, 2.05) is 0 Å². The van der Waals surface area contributed by atoms with Gasteiger partial charge in [-0.3, -0.25) is 4.79 Å². The molecule has 5 nitrogen and oxygen atoms in total. The van der Waals surface area contributed by atoms with Crippen LogP contribution in [0, 0.1) is 18.3 Å². The normalized spacial score (nSPS) is 18.2. The molecule has 0 aromatic heterocycles. The van der Waals surface area contributed by atoms with Crippen molar-refractivity contribution in [2.75, 3.05) is 18.6 Å². The van der Waals surface area contributed by atoms with Gasteiger partial charge in [-0.25, -0.2) is 4.79 Å². The molecule has 5 heteroatoms. The van der Waals surface area contributed by atoms with Crippen molar-refractivity contribution in [3.8, 4) is 18.1 Å². The second-order valence-electron chi connectivity index (χ2n) is 4.26. The van der Waals surface area contributed by atoms with Crippen LogP contribution in [0.3, 0.4) is 0 Å². The highest BCUT2D eigenvalue weighted by molar-refractivity contribution is 5.98. The smallest absolute Gasteiger partial charge is 0.339 e. The molecule has 1 aromatic rings. The lowest BCUT2D eigenvalue weighted by Crippen LogP contribution is -2.24. The third-order valence-electron chi connectivity index (χ3n) is 3.09. The van der Waals surface area contributed by atoms with Crippen molar-refractivity contribution in [2.45, 2.75) is 6.42 Å². The van der Waals surface area contributed by atoms with E-state index in [-0.39, 0.29) is 23.1 Å². The Morgan fingerprint density at radius 3 is 2.84 bits per heavy atom. The van der Waals surface area contributed by atoms with Crippen molar-refractivity contribution in [1.29, 1.82) is 0 Å². The summed E-state index contributed by atoms with van der Waals surface area (Å²) in [4.78, 5) is 24.5. The van der Waals surface area contributed by atoms with Crippen molar-refractivity contribution in [1.82, 2.24) is 0 Å². The van der Waals surface area contributed by atoms with Crippen LogP contribution in [0.4, 0.5) is 5.69 Å². The number of carboxylic acid groups (broad SMARTS) is 1. The molecule has 1 atom stereocenters. The van der Waals surface area contributed by atoms with Crippen LogP contribution in [-0.4, -0.2) is 30.6 Å². The lowest BCUT2D eigenvalue weighted by molar-refractivity contribution is -0.117. The summed E-state index contributed by atoms with van der Waals surface area (Å²) in [5.41, 5.74) is 0.554. The molecule has 1 amide bonds. The van der Waals surface area contributed by atoms with Crippen molar-refractivity contribution in [3.05, 3.63) is 23.8 Å². The van der Waals surface area contributed by atoms with Crippen molar-refractivity contribution in [3.63, 3.8) is 0 Å². The largest absolute Gasteiger partial charge is 0.496 e. The molecule has 0 radical (unpaired) electrons. The minimum Gasteiger partial charge on any atom is -0.496 e. The fourth-order valence-electron chi connectivity index (χ4n) is 2.10. The van der Waals surface area contributed by atoms with Gasteiger partial charge in [-0.05, 0) is 18.2 Å². The lowest BCUT2D eigenvalue weighted by atomic mass is 10.1. The fraction of sp³-hybridized carbons (Fsp3) is 0.286. The van der Waals surface area contributed by atoms with Gasteiger partial charge in [0.25, 0.3) is 0 Å². The van der Waals surface area contributed by atoms with Crippen LogP contribution >= 0.6 is 0 Å². The molecular weight excluding hydrogens is 246 g/mol. The van der Waals surface area contributed by atoms with Gasteiger partial charge in [0.1, 0.15) is 11.3 Å². The number of amides is 1. The molecule has 1 saturated heterocycles. The average Bonchev–Trinajstić information content (AvgIpc) is 2.79. The Labute approximate surface area is 110 Å². The van der Waals surface area contributed by atoms with E-state index in [0.717, 1.165) is 0 Å². The van der Waals surface area contributed by atoms with Crippen LogP contribution in [0.25, 0.3) is 0 Å². The van der Waals surface area contributed by atoms with E-state index in [4.69, 9.17) is 16.3 Å². The van der Waals surface area contributed by atoms with Gasteiger partial charge in [-0.15, -0.1) is 12.3 Å². The number of hydrogen-bond donors (Lipinski definition) is 1. The molecule has 1 unspecified atom stereocenters. The molecule has 1 aromatic carbocycles. The van der Waals surface area contributed by atoms with Gasteiger partial charge in [0.2, 0.25) is 5.91 Å². The summed E-state index contributed by atoms with van der Waals surface area (Å²) in [6.07, 6.45) is 5.61. The van der Waals surface area contributed by atoms with Crippen LogP contribution < -0.4 is 9.64 Å². The molecule has 1 aliphatic heterocycles. The highest BCUT2D eigenvalue weighted by Crippen LogP contribution is 2.29. The number of carboxylic acids is 1. The molecule has 2 rings (SSSR count). The first-order chi connectivity index (χ1) is 9.06. The quantitative estimate of drug-likeness (QED) is 0.833. The van der Waals surface area contributed by atoms with E-state index in [9.17, 15) is 9.59 Å². The number of aromatic carboxylic acids is 1. The molecule has 19 heavy (non-hydrogen) atoms. The zero-order chi connectivity index (χ0) is 14.0. The Morgan fingerprint density at radius 2 is 2.32 bits per heavy atom. The molecule has 0 bridgehead atoms. The second kappa shape index (κ2) is 5.02. The van der Waals surface area contributed by atoms with Crippen LogP contribution in [0.15, 0.2) is 18.2 Å². The molecule has 98 valence electrons. The molecule has 1 heterocycles. The minimum atomic E-state index is -1.10. The van der Waals surface area contributed by atoms with Crippen molar-refractivity contribution >= 4 is 17.6 Å². The predicted molar refractivity (Wildman–Crippen MR) is 69.2 cm³/mol. The van der Waals surface area contributed by atoms with Gasteiger partial charge in [-0.1, -0.05) is 0 Å². The van der Waals surface area contributed by atoms with Crippen LogP contribution in [-0.2, 0) is 4.79 Å². The van der Waals surface area contributed by atoms with Crippen molar-refractivity contribution < 1.29 is 19.4 Å². The van der Waals surface area contributed by atoms with E-state index >= 15 is 0 Å². The number of anilines is 1. The second-order valence-corrected chi connectivity index (χ2v) is 4.26. The van der Waals surface area contributed by atoms with E-state index < -0.39 is 5.97 Å². The first-order valence-electron chi connectivity index (χ1n) is 5.74. The number of carbonyl (C=O) groups excluding carboxylic acids is 1. The zero-order valence-corrected chi connectivity index (χ0v) is 10.4. The van der Waals surface area contributed by atoms with E-state index in [2.05, 4.69) is 5.92 Å². The van der Waals surface area contributed by atoms with Gasteiger partial charge in [0.05, 0.1) is 7.11 Å². The molecular formula is C14H13NO4. The summed E-state index contributed by atoms with van der Waals surface area (Å²) in [5, 5.41) is 9.11. The highest BCUT2D eigenvalue weighted by Gasteiger charge is 2.30. The van der Waals surface area contributed by atoms with Crippen LogP contribution in [0.2, 0.25) is 0 Å². The monoisotopic (exact) mass is 259 g/mol. The summed E-state index contributed by atoms with van der Waals surface area (Å²) < 4.78 is 4.98. The maximum Gasteiger partial charge on any atom is 0.339 e. The van der Waals surface area contributed by atoms with Crippen molar-refractivity contribution in [2.24, 2.45) is 5.92 Å². The Balaban J connectivity index is 2.37. The molecule has 1 aliphatic rings. The first-order valence-corrected chi connectivity index (χ1v) is 5.74. The number of methoxy groups -OCH3 is 1. The number of benzene rings is 1.